The fourth-order valence-electron chi connectivity index (χ4n) is 1.38. The summed E-state index contributed by atoms with van der Waals surface area (Å²) in [5, 5.41) is 3.26. The maximum absolute atomic E-state index is 13.6. The van der Waals surface area contributed by atoms with Crippen molar-refractivity contribution in [3.8, 4) is 5.69 Å². The predicted molar refractivity (Wildman–Crippen MR) is 60.7 cm³/mol. The molecule has 78 valence electrons. The van der Waals surface area contributed by atoms with Gasteiger partial charge < -0.3 is 0 Å². The summed E-state index contributed by atoms with van der Waals surface area (Å²) in [7, 11) is 0. The summed E-state index contributed by atoms with van der Waals surface area (Å²) in [6.45, 7) is 1.85. The van der Waals surface area contributed by atoms with Gasteiger partial charge in [0.2, 0.25) is 0 Å². The standard InChI is InChI=1S/C10H8ClFN2S/c1-6-5-9(15)14(13-6)10-7(11)3-2-4-8(10)12/h2-5,13H,1H3. The van der Waals surface area contributed by atoms with E-state index < -0.39 is 5.82 Å². The van der Waals surface area contributed by atoms with Gasteiger partial charge in [-0.3, -0.25) is 5.10 Å². The number of halogens is 2. The van der Waals surface area contributed by atoms with Crippen LogP contribution < -0.4 is 0 Å². The van der Waals surface area contributed by atoms with E-state index in [0.717, 1.165) is 5.69 Å². The number of hydrogen-bond acceptors (Lipinski definition) is 1. The number of aromatic amines is 1. The van der Waals surface area contributed by atoms with Crippen LogP contribution in [0.1, 0.15) is 5.69 Å². The Hall–Kier alpha value is -1.13. The van der Waals surface area contributed by atoms with Crippen molar-refractivity contribution in [3.05, 3.63) is 45.4 Å². The molecule has 0 amide bonds. The molecule has 1 heterocycles. The first kappa shape index (κ1) is 10.4. The molecule has 0 radical (unpaired) electrons. The first-order valence-electron chi connectivity index (χ1n) is 4.32. The second kappa shape index (κ2) is 3.79. The van der Waals surface area contributed by atoms with Crippen molar-refractivity contribution < 1.29 is 4.39 Å². The minimum atomic E-state index is -0.402. The van der Waals surface area contributed by atoms with Gasteiger partial charge in [-0.1, -0.05) is 29.9 Å². The van der Waals surface area contributed by atoms with E-state index in [0.29, 0.717) is 9.66 Å². The van der Waals surface area contributed by atoms with E-state index in [1.165, 1.54) is 10.7 Å². The van der Waals surface area contributed by atoms with Crippen LogP contribution in [0.5, 0.6) is 0 Å². The van der Waals surface area contributed by atoms with Crippen molar-refractivity contribution >= 4 is 23.8 Å². The molecule has 0 unspecified atom stereocenters. The van der Waals surface area contributed by atoms with Gasteiger partial charge in [-0.2, -0.15) is 0 Å². The van der Waals surface area contributed by atoms with E-state index in [1.54, 1.807) is 18.2 Å². The van der Waals surface area contributed by atoms with Crippen molar-refractivity contribution in [3.63, 3.8) is 0 Å². The Labute approximate surface area is 96.3 Å². The summed E-state index contributed by atoms with van der Waals surface area (Å²) in [6.07, 6.45) is 0. The lowest BCUT2D eigenvalue weighted by atomic mass is 10.3. The number of H-pyrrole nitrogens is 1. The third-order valence-electron chi connectivity index (χ3n) is 2.01. The number of nitrogens with zero attached hydrogens (tertiary/aromatic N) is 1. The Kier molecular flexibility index (Phi) is 2.63. The summed E-state index contributed by atoms with van der Waals surface area (Å²) < 4.78 is 15.5. The highest BCUT2D eigenvalue weighted by molar-refractivity contribution is 7.71. The van der Waals surface area contributed by atoms with Crippen LogP contribution in [0.3, 0.4) is 0 Å². The Bertz CT molecular complexity index is 539. The molecule has 0 fully saturated rings. The highest BCUT2D eigenvalue weighted by Gasteiger charge is 2.10. The lowest BCUT2D eigenvalue weighted by Crippen LogP contribution is -2.00. The number of aryl methyl sites for hydroxylation is 1. The number of hydrogen-bond donors (Lipinski definition) is 1. The molecule has 2 aromatic rings. The fourth-order valence-corrected chi connectivity index (χ4v) is 1.94. The SMILES string of the molecule is Cc1cc(=S)n(-c2c(F)cccc2Cl)[nH]1. The Balaban J connectivity index is 2.74. The van der Waals surface area contributed by atoms with Crippen LogP contribution in [0.25, 0.3) is 5.69 Å². The molecule has 2 rings (SSSR count). The maximum atomic E-state index is 13.6. The molecule has 15 heavy (non-hydrogen) atoms. The molecule has 0 bridgehead atoms. The molecule has 1 aromatic carbocycles. The number of rotatable bonds is 1. The average Bonchev–Trinajstić information content (AvgIpc) is 2.45. The van der Waals surface area contributed by atoms with Gasteiger partial charge in [-0.05, 0) is 25.1 Å². The van der Waals surface area contributed by atoms with E-state index in [1.807, 2.05) is 6.92 Å². The van der Waals surface area contributed by atoms with Crippen molar-refractivity contribution in [1.29, 1.82) is 0 Å². The molecular weight excluding hydrogens is 235 g/mol. The number of nitrogens with one attached hydrogen (secondary N) is 1. The molecule has 1 aromatic heterocycles. The predicted octanol–water partition coefficient (Wildman–Crippen LogP) is 3.64. The second-order valence-corrected chi connectivity index (χ2v) is 4.01. The van der Waals surface area contributed by atoms with Gasteiger partial charge in [-0.25, -0.2) is 9.07 Å². The molecule has 2 nitrogen and oxygen atoms in total. The lowest BCUT2D eigenvalue weighted by Gasteiger charge is -2.06. The molecule has 5 heteroatoms. The van der Waals surface area contributed by atoms with Crippen molar-refractivity contribution in [2.75, 3.05) is 0 Å². The van der Waals surface area contributed by atoms with Gasteiger partial charge in [0.1, 0.15) is 16.1 Å². The van der Waals surface area contributed by atoms with Gasteiger partial charge in [-0.15, -0.1) is 0 Å². The minimum Gasteiger partial charge on any atom is -0.297 e. The third-order valence-corrected chi connectivity index (χ3v) is 2.62. The van der Waals surface area contributed by atoms with Crippen LogP contribution >= 0.6 is 23.8 Å². The zero-order valence-electron chi connectivity index (χ0n) is 7.92. The zero-order chi connectivity index (χ0) is 11.0. The van der Waals surface area contributed by atoms with Crippen LogP contribution in [0.15, 0.2) is 24.3 Å². The number of para-hydroxylation sites is 1. The van der Waals surface area contributed by atoms with Gasteiger partial charge in [0.05, 0.1) is 5.02 Å². The van der Waals surface area contributed by atoms with Gasteiger partial charge in [0, 0.05) is 5.69 Å². The number of benzene rings is 1. The molecular formula is C10H8ClFN2S. The highest BCUT2D eigenvalue weighted by atomic mass is 35.5. The third kappa shape index (κ3) is 1.82. The second-order valence-electron chi connectivity index (χ2n) is 3.18. The quantitative estimate of drug-likeness (QED) is 0.758. The first-order valence-corrected chi connectivity index (χ1v) is 5.11. The zero-order valence-corrected chi connectivity index (χ0v) is 9.49. The van der Waals surface area contributed by atoms with Crippen LogP contribution in [-0.4, -0.2) is 9.78 Å². The maximum Gasteiger partial charge on any atom is 0.150 e. The smallest absolute Gasteiger partial charge is 0.150 e. The molecule has 0 saturated heterocycles. The summed E-state index contributed by atoms with van der Waals surface area (Å²) in [5.41, 5.74) is 1.12. The summed E-state index contributed by atoms with van der Waals surface area (Å²) in [4.78, 5) is 0. The molecule has 0 saturated carbocycles. The molecule has 0 spiro atoms. The largest absolute Gasteiger partial charge is 0.297 e. The van der Waals surface area contributed by atoms with E-state index in [-0.39, 0.29) is 5.69 Å². The minimum absolute atomic E-state index is 0.261. The van der Waals surface area contributed by atoms with Gasteiger partial charge in [0.15, 0.2) is 0 Å². The Morgan fingerprint density at radius 1 is 1.47 bits per heavy atom. The molecule has 1 N–H and O–H groups in total. The monoisotopic (exact) mass is 242 g/mol. The summed E-state index contributed by atoms with van der Waals surface area (Å²) >= 11 is 11.0. The Morgan fingerprint density at radius 3 is 2.73 bits per heavy atom. The van der Waals surface area contributed by atoms with Gasteiger partial charge in [0.25, 0.3) is 0 Å². The first-order chi connectivity index (χ1) is 7.09. The van der Waals surface area contributed by atoms with E-state index in [9.17, 15) is 4.39 Å². The number of aromatic nitrogens is 2. The van der Waals surface area contributed by atoms with Crippen LogP contribution in [0.4, 0.5) is 4.39 Å². The van der Waals surface area contributed by atoms with E-state index >= 15 is 0 Å². The highest BCUT2D eigenvalue weighted by Crippen LogP contribution is 2.23. The lowest BCUT2D eigenvalue weighted by molar-refractivity contribution is 0.609. The van der Waals surface area contributed by atoms with Crippen molar-refractivity contribution in [2.24, 2.45) is 0 Å². The van der Waals surface area contributed by atoms with Crippen LogP contribution in [0.2, 0.25) is 5.02 Å². The fraction of sp³-hybridized carbons (Fsp3) is 0.100. The molecule has 0 aliphatic carbocycles. The summed E-state index contributed by atoms with van der Waals surface area (Å²) in [5.74, 6) is -0.402. The van der Waals surface area contributed by atoms with Crippen LogP contribution in [0, 0.1) is 17.4 Å². The van der Waals surface area contributed by atoms with Crippen molar-refractivity contribution in [2.45, 2.75) is 6.92 Å². The molecule has 0 aliphatic rings. The topological polar surface area (TPSA) is 20.7 Å². The van der Waals surface area contributed by atoms with E-state index in [2.05, 4.69) is 5.10 Å². The van der Waals surface area contributed by atoms with E-state index in [4.69, 9.17) is 23.8 Å². The Morgan fingerprint density at radius 2 is 2.20 bits per heavy atom. The van der Waals surface area contributed by atoms with Crippen LogP contribution in [-0.2, 0) is 0 Å². The average molecular weight is 243 g/mol. The van der Waals surface area contributed by atoms with Gasteiger partial charge >= 0.3 is 0 Å². The van der Waals surface area contributed by atoms with Crippen molar-refractivity contribution in [1.82, 2.24) is 9.78 Å². The molecule has 0 atom stereocenters. The molecule has 0 aliphatic heterocycles. The summed E-state index contributed by atoms with van der Waals surface area (Å²) in [6, 6.07) is 6.27. The normalized spacial score (nSPS) is 10.6.